The summed E-state index contributed by atoms with van der Waals surface area (Å²) in [5.41, 5.74) is 0.886. The molecule has 0 fully saturated rings. The highest BCUT2D eigenvalue weighted by molar-refractivity contribution is 7.09. The molecule has 1 rings (SSSR count). The molecule has 0 saturated heterocycles. The number of aryl methyl sites for hydroxylation is 1. The molecule has 0 aromatic carbocycles. The lowest BCUT2D eigenvalue weighted by Crippen LogP contribution is -2.40. The van der Waals surface area contributed by atoms with Crippen molar-refractivity contribution in [1.82, 2.24) is 15.6 Å². The van der Waals surface area contributed by atoms with Crippen LogP contribution in [0.4, 0.5) is 4.79 Å². The SMILES string of the molecule is CCc1nc(CNC(=O)N[C@H](C)CCO)cs1. The number of aliphatic hydroxyl groups is 1. The van der Waals surface area contributed by atoms with Gasteiger partial charge in [0.05, 0.1) is 17.2 Å². The lowest BCUT2D eigenvalue weighted by molar-refractivity contribution is 0.230. The number of rotatable bonds is 6. The number of carbonyl (C=O) groups is 1. The Hall–Kier alpha value is -1.14. The Morgan fingerprint density at radius 2 is 2.41 bits per heavy atom. The van der Waals surface area contributed by atoms with Crippen LogP contribution in [0.15, 0.2) is 5.38 Å². The van der Waals surface area contributed by atoms with Gasteiger partial charge < -0.3 is 15.7 Å². The molecule has 0 bridgehead atoms. The van der Waals surface area contributed by atoms with Crippen LogP contribution in [-0.4, -0.2) is 28.8 Å². The summed E-state index contributed by atoms with van der Waals surface area (Å²) >= 11 is 1.61. The average molecular weight is 257 g/mol. The third kappa shape index (κ3) is 5.14. The summed E-state index contributed by atoms with van der Waals surface area (Å²) in [4.78, 5) is 15.8. The molecule has 17 heavy (non-hydrogen) atoms. The molecule has 0 radical (unpaired) electrons. The van der Waals surface area contributed by atoms with E-state index >= 15 is 0 Å². The second-order valence-corrected chi connectivity index (χ2v) is 4.77. The van der Waals surface area contributed by atoms with E-state index in [1.165, 1.54) is 0 Å². The highest BCUT2D eigenvalue weighted by atomic mass is 32.1. The average Bonchev–Trinajstić information content (AvgIpc) is 2.74. The minimum Gasteiger partial charge on any atom is -0.396 e. The number of amides is 2. The first kappa shape index (κ1) is 13.9. The second-order valence-electron chi connectivity index (χ2n) is 3.83. The zero-order chi connectivity index (χ0) is 12.7. The van der Waals surface area contributed by atoms with Gasteiger partial charge in [0.2, 0.25) is 0 Å². The molecule has 2 amide bonds. The van der Waals surface area contributed by atoms with Crippen molar-refractivity contribution in [2.24, 2.45) is 0 Å². The van der Waals surface area contributed by atoms with Gasteiger partial charge in [-0.25, -0.2) is 9.78 Å². The number of nitrogens with one attached hydrogen (secondary N) is 2. The summed E-state index contributed by atoms with van der Waals surface area (Å²) < 4.78 is 0. The highest BCUT2D eigenvalue weighted by Gasteiger charge is 2.07. The summed E-state index contributed by atoms with van der Waals surface area (Å²) in [5.74, 6) is 0. The number of aromatic nitrogens is 1. The fraction of sp³-hybridized carbons (Fsp3) is 0.636. The van der Waals surface area contributed by atoms with Gasteiger partial charge in [-0.2, -0.15) is 0 Å². The number of thiazole rings is 1. The summed E-state index contributed by atoms with van der Waals surface area (Å²) in [6.45, 7) is 4.43. The smallest absolute Gasteiger partial charge is 0.315 e. The van der Waals surface area contributed by atoms with Crippen LogP contribution in [0, 0.1) is 0 Å². The normalized spacial score (nSPS) is 12.2. The Kier molecular flexibility index (Phi) is 5.93. The van der Waals surface area contributed by atoms with E-state index in [4.69, 9.17) is 5.11 Å². The van der Waals surface area contributed by atoms with E-state index in [2.05, 4.69) is 22.5 Å². The number of nitrogens with zero attached hydrogens (tertiary/aromatic N) is 1. The number of aliphatic hydroxyl groups excluding tert-OH is 1. The predicted octanol–water partition coefficient (Wildman–Crippen LogP) is 1.28. The molecule has 6 heteroatoms. The van der Waals surface area contributed by atoms with Gasteiger partial charge in [-0.15, -0.1) is 11.3 Å². The van der Waals surface area contributed by atoms with Crippen LogP contribution in [0.3, 0.4) is 0 Å². The largest absolute Gasteiger partial charge is 0.396 e. The van der Waals surface area contributed by atoms with Gasteiger partial charge in [0.15, 0.2) is 0 Å². The van der Waals surface area contributed by atoms with Crippen molar-refractivity contribution in [2.45, 2.75) is 39.3 Å². The fourth-order valence-corrected chi connectivity index (χ4v) is 2.05. The van der Waals surface area contributed by atoms with E-state index < -0.39 is 0 Å². The molecule has 0 aliphatic rings. The van der Waals surface area contributed by atoms with Crippen LogP contribution in [-0.2, 0) is 13.0 Å². The monoisotopic (exact) mass is 257 g/mol. The predicted molar refractivity (Wildman–Crippen MR) is 68.0 cm³/mol. The van der Waals surface area contributed by atoms with Crippen LogP contribution < -0.4 is 10.6 Å². The molecule has 3 N–H and O–H groups in total. The van der Waals surface area contributed by atoms with Gasteiger partial charge in [0.25, 0.3) is 0 Å². The molecule has 1 aromatic heterocycles. The van der Waals surface area contributed by atoms with E-state index in [0.29, 0.717) is 13.0 Å². The van der Waals surface area contributed by atoms with Gasteiger partial charge in [-0.05, 0) is 19.8 Å². The third-order valence-corrected chi connectivity index (χ3v) is 3.31. The van der Waals surface area contributed by atoms with Crippen molar-refractivity contribution < 1.29 is 9.90 Å². The standard InChI is InChI=1S/C11H19N3O2S/c1-3-10-14-9(7-17-10)6-12-11(16)13-8(2)4-5-15/h7-8,15H,3-6H2,1-2H3,(H2,12,13,16)/t8-/m1/s1. The molecule has 0 saturated carbocycles. The number of hydrogen-bond acceptors (Lipinski definition) is 4. The van der Waals surface area contributed by atoms with E-state index in [1.807, 2.05) is 12.3 Å². The van der Waals surface area contributed by atoms with Crippen LogP contribution in [0.5, 0.6) is 0 Å². The Balaban J connectivity index is 2.27. The molecule has 0 spiro atoms. The first-order valence-corrected chi connectivity index (χ1v) is 6.62. The third-order valence-electron chi connectivity index (χ3n) is 2.27. The van der Waals surface area contributed by atoms with Crippen molar-refractivity contribution in [1.29, 1.82) is 0 Å². The summed E-state index contributed by atoms with van der Waals surface area (Å²) in [5, 5.41) is 17.2. The number of carbonyl (C=O) groups excluding carboxylic acids is 1. The molecule has 0 aliphatic carbocycles. The molecule has 1 atom stereocenters. The molecule has 1 heterocycles. The first-order chi connectivity index (χ1) is 8.15. The minimum atomic E-state index is -0.225. The molecule has 0 unspecified atom stereocenters. The van der Waals surface area contributed by atoms with E-state index in [0.717, 1.165) is 17.1 Å². The quantitative estimate of drug-likeness (QED) is 0.718. The molecule has 1 aromatic rings. The van der Waals surface area contributed by atoms with E-state index in [1.54, 1.807) is 11.3 Å². The zero-order valence-electron chi connectivity index (χ0n) is 10.2. The topological polar surface area (TPSA) is 74.2 Å². The molecule has 96 valence electrons. The number of hydrogen-bond donors (Lipinski definition) is 3. The maximum atomic E-state index is 11.4. The Morgan fingerprint density at radius 1 is 1.65 bits per heavy atom. The first-order valence-electron chi connectivity index (χ1n) is 5.74. The van der Waals surface area contributed by atoms with Gasteiger partial charge in [-0.3, -0.25) is 0 Å². The zero-order valence-corrected chi connectivity index (χ0v) is 11.0. The van der Waals surface area contributed by atoms with Crippen LogP contribution in [0.2, 0.25) is 0 Å². The lowest BCUT2D eigenvalue weighted by Gasteiger charge is -2.12. The molecular formula is C11H19N3O2S. The van der Waals surface area contributed by atoms with Gasteiger partial charge >= 0.3 is 6.03 Å². The van der Waals surface area contributed by atoms with E-state index in [9.17, 15) is 4.79 Å². The van der Waals surface area contributed by atoms with Crippen LogP contribution in [0.1, 0.15) is 31.0 Å². The highest BCUT2D eigenvalue weighted by Crippen LogP contribution is 2.09. The molecular weight excluding hydrogens is 238 g/mol. The van der Waals surface area contributed by atoms with Gasteiger partial charge in [-0.1, -0.05) is 6.92 Å². The van der Waals surface area contributed by atoms with Crippen molar-refractivity contribution >= 4 is 17.4 Å². The van der Waals surface area contributed by atoms with Crippen molar-refractivity contribution in [3.8, 4) is 0 Å². The maximum Gasteiger partial charge on any atom is 0.315 e. The Bertz CT molecular complexity index is 354. The van der Waals surface area contributed by atoms with Crippen molar-refractivity contribution in [2.75, 3.05) is 6.61 Å². The maximum absolute atomic E-state index is 11.4. The van der Waals surface area contributed by atoms with Crippen LogP contribution in [0.25, 0.3) is 0 Å². The Labute approximate surface area is 105 Å². The summed E-state index contributed by atoms with van der Waals surface area (Å²) in [6.07, 6.45) is 1.48. The number of urea groups is 1. The fourth-order valence-electron chi connectivity index (χ4n) is 1.30. The minimum absolute atomic E-state index is 0.0263. The summed E-state index contributed by atoms with van der Waals surface area (Å²) in [7, 11) is 0. The van der Waals surface area contributed by atoms with Crippen molar-refractivity contribution in [3.63, 3.8) is 0 Å². The van der Waals surface area contributed by atoms with Gasteiger partial charge in [0.1, 0.15) is 0 Å². The molecule has 5 nitrogen and oxygen atoms in total. The molecule has 0 aliphatic heterocycles. The van der Waals surface area contributed by atoms with E-state index in [-0.39, 0.29) is 18.7 Å². The van der Waals surface area contributed by atoms with Crippen LogP contribution >= 0.6 is 11.3 Å². The summed E-state index contributed by atoms with van der Waals surface area (Å²) in [6, 6.07) is -0.251. The van der Waals surface area contributed by atoms with Gasteiger partial charge in [0, 0.05) is 18.0 Å². The Morgan fingerprint density at radius 3 is 3.00 bits per heavy atom. The second kappa shape index (κ2) is 7.24. The lowest BCUT2D eigenvalue weighted by atomic mass is 10.2. The van der Waals surface area contributed by atoms with Crippen molar-refractivity contribution in [3.05, 3.63) is 16.1 Å².